The largest absolute Gasteiger partial charge is 0.394 e. The van der Waals surface area contributed by atoms with Gasteiger partial charge in [-0.3, -0.25) is 9.78 Å². The van der Waals surface area contributed by atoms with Crippen molar-refractivity contribution in [2.45, 2.75) is 30.8 Å². The molecule has 1 aromatic heterocycles. The van der Waals surface area contributed by atoms with Crippen LogP contribution in [0.4, 0.5) is 0 Å². The van der Waals surface area contributed by atoms with E-state index in [-0.39, 0.29) is 30.4 Å². The highest BCUT2D eigenvalue weighted by Crippen LogP contribution is 2.44. The number of benzene rings is 1. The highest BCUT2D eigenvalue weighted by molar-refractivity contribution is 5.83. The molecule has 0 bridgehead atoms. The highest BCUT2D eigenvalue weighted by atomic mass is 16.3. The van der Waals surface area contributed by atoms with Crippen LogP contribution in [0.1, 0.15) is 24.3 Å². The van der Waals surface area contributed by atoms with Crippen LogP contribution in [0, 0.1) is 17.2 Å². The third-order valence-electron chi connectivity index (χ3n) is 5.20. The summed E-state index contributed by atoms with van der Waals surface area (Å²) in [5, 5.41) is 19.3. The van der Waals surface area contributed by atoms with Crippen LogP contribution in [0.5, 0.6) is 0 Å². The van der Waals surface area contributed by atoms with Crippen LogP contribution in [0.2, 0.25) is 0 Å². The zero-order chi connectivity index (χ0) is 17.4. The molecule has 0 unspecified atom stereocenters. The number of carbonyl (C=O) groups is 1. The molecule has 1 N–H and O–H groups in total. The molecule has 3 atom stereocenters. The summed E-state index contributed by atoms with van der Waals surface area (Å²) < 4.78 is 0. The summed E-state index contributed by atoms with van der Waals surface area (Å²) in [5.74, 6) is -0.0618. The van der Waals surface area contributed by atoms with E-state index in [1.54, 1.807) is 11.1 Å². The second-order valence-electron chi connectivity index (χ2n) is 6.73. The van der Waals surface area contributed by atoms with Crippen LogP contribution in [0.3, 0.4) is 0 Å². The van der Waals surface area contributed by atoms with Gasteiger partial charge in [0, 0.05) is 24.2 Å². The lowest BCUT2D eigenvalue weighted by atomic mass is 9.75. The fourth-order valence-corrected chi connectivity index (χ4v) is 3.68. The molecule has 2 heterocycles. The van der Waals surface area contributed by atoms with Crippen molar-refractivity contribution >= 4 is 5.91 Å². The molecule has 25 heavy (non-hydrogen) atoms. The minimum Gasteiger partial charge on any atom is -0.394 e. The van der Waals surface area contributed by atoms with Crippen molar-refractivity contribution in [3.8, 4) is 17.2 Å². The quantitative estimate of drug-likeness (QED) is 0.931. The van der Waals surface area contributed by atoms with E-state index in [1.165, 1.54) is 0 Å². The summed E-state index contributed by atoms with van der Waals surface area (Å²) in [7, 11) is 0. The number of amides is 1. The van der Waals surface area contributed by atoms with Gasteiger partial charge in [0.15, 0.2) is 0 Å². The first-order chi connectivity index (χ1) is 12.2. The van der Waals surface area contributed by atoms with Crippen LogP contribution in [-0.2, 0) is 4.79 Å². The highest BCUT2D eigenvalue weighted by Gasteiger charge is 2.53. The lowest BCUT2D eigenvalue weighted by Gasteiger charge is -2.51. The van der Waals surface area contributed by atoms with Gasteiger partial charge >= 0.3 is 0 Å². The van der Waals surface area contributed by atoms with Gasteiger partial charge in [-0.05, 0) is 35.6 Å². The monoisotopic (exact) mass is 333 g/mol. The van der Waals surface area contributed by atoms with E-state index in [0.717, 1.165) is 29.5 Å². The van der Waals surface area contributed by atoms with Gasteiger partial charge in [-0.2, -0.15) is 5.26 Å². The van der Waals surface area contributed by atoms with Crippen LogP contribution in [-0.4, -0.2) is 39.6 Å². The number of hydrogen-bond donors (Lipinski definition) is 1. The molecule has 2 aliphatic rings. The predicted molar refractivity (Wildman–Crippen MR) is 92.3 cm³/mol. The second kappa shape index (κ2) is 6.30. The Balaban J connectivity index is 1.58. The van der Waals surface area contributed by atoms with E-state index in [0.29, 0.717) is 0 Å². The molecule has 126 valence electrons. The maximum Gasteiger partial charge on any atom is 0.227 e. The maximum atomic E-state index is 12.4. The molecule has 2 fully saturated rings. The Morgan fingerprint density at radius 3 is 2.56 bits per heavy atom. The van der Waals surface area contributed by atoms with Crippen molar-refractivity contribution in [1.29, 1.82) is 5.26 Å². The van der Waals surface area contributed by atoms with Gasteiger partial charge in [-0.25, -0.2) is 0 Å². The average Bonchev–Trinajstić information content (AvgIpc) is 3.48. The topological polar surface area (TPSA) is 77.2 Å². The molecule has 1 aliphatic heterocycles. The number of aromatic nitrogens is 1. The van der Waals surface area contributed by atoms with Crippen molar-refractivity contribution in [2.75, 3.05) is 6.61 Å². The number of aliphatic hydroxyl groups is 1. The summed E-state index contributed by atoms with van der Waals surface area (Å²) in [6, 6.07) is 13.3. The molecule has 1 saturated carbocycles. The number of carbonyl (C=O) groups excluding carboxylic acids is 1. The molecule has 0 spiro atoms. The number of pyridine rings is 1. The van der Waals surface area contributed by atoms with Gasteiger partial charge < -0.3 is 10.0 Å². The normalized spacial score (nSPS) is 25.1. The molecule has 0 radical (unpaired) electrons. The van der Waals surface area contributed by atoms with E-state index in [4.69, 9.17) is 0 Å². The summed E-state index contributed by atoms with van der Waals surface area (Å²) >= 11 is 0. The Bertz CT molecular complexity index is 809. The fourth-order valence-electron chi connectivity index (χ4n) is 3.68. The third kappa shape index (κ3) is 2.69. The van der Waals surface area contributed by atoms with Crippen LogP contribution in [0.25, 0.3) is 11.1 Å². The van der Waals surface area contributed by atoms with Crippen molar-refractivity contribution in [3.63, 3.8) is 0 Å². The van der Waals surface area contributed by atoms with Gasteiger partial charge in [0.1, 0.15) is 6.04 Å². The van der Waals surface area contributed by atoms with E-state index in [2.05, 4.69) is 11.1 Å². The predicted octanol–water partition coefficient (Wildman–Crippen LogP) is 2.34. The van der Waals surface area contributed by atoms with Gasteiger partial charge in [0.05, 0.1) is 18.7 Å². The first kappa shape index (κ1) is 15.8. The van der Waals surface area contributed by atoms with Gasteiger partial charge in [0.2, 0.25) is 5.91 Å². The molecule has 1 aromatic carbocycles. The van der Waals surface area contributed by atoms with E-state index in [9.17, 15) is 15.2 Å². The zero-order valence-electron chi connectivity index (χ0n) is 13.7. The Labute approximate surface area is 146 Å². The number of aliphatic hydroxyl groups excluding tert-OH is 1. The average molecular weight is 333 g/mol. The summed E-state index contributed by atoms with van der Waals surface area (Å²) in [6.07, 6.45) is 5.34. The standard InChI is InChI=1S/C20H19N3O2/c21-10-17-19(18(12-24)23(17)20(25)15-7-8-15)14-5-3-13(4-6-14)16-2-1-9-22-11-16/h1-6,9,11,15,17-19,24H,7-8,12H2/t17-,18-,19-/m1/s1. The van der Waals surface area contributed by atoms with E-state index >= 15 is 0 Å². The van der Waals surface area contributed by atoms with Crippen molar-refractivity contribution in [2.24, 2.45) is 5.92 Å². The Hall–Kier alpha value is -2.71. The zero-order valence-corrected chi connectivity index (χ0v) is 13.7. The fraction of sp³-hybridized carbons (Fsp3) is 0.350. The van der Waals surface area contributed by atoms with Crippen molar-refractivity contribution < 1.29 is 9.90 Å². The second-order valence-corrected chi connectivity index (χ2v) is 6.73. The molecule has 5 heteroatoms. The molecule has 1 aliphatic carbocycles. The van der Waals surface area contributed by atoms with Crippen molar-refractivity contribution in [3.05, 3.63) is 54.4 Å². The van der Waals surface area contributed by atoms with Gasteiger partial charge in [-0.1, -0.05) is 30.3 Å². The number of hydrogen-bond acceptors (Lipinski definition) is 4. The Morgan fingerprint density at radius 1 is 1.24 bits per heavy atom. The number of rotatable bonds is 4. The van der Waals surface area contributed by atoms with E-state index < -0.39 is 6.04 Å². The van der Waals surface area contributed by atoms with Crippen LogP contribution >= 0.6 is 0 Å². The van der Waals surface area contributed by atoms with Gasteiger partial charge in [-0.15, -0.1) is 0 Å². The molecule has 1 amide bonds. The molecular formula is C20H19N3O2. The van der Waals surface area contributed by atoms with Crippen LogP contribution in [0.15, 0.2) is 48.8 Å². The minimum absolute atomic E-state index is 0.0221. The molecule has 4 rings (SSSR count). The van der Waals surface area contributed by atoms with Gasteiger partial charge in [0.25, 0.3) is 0 Å². The first-order valence-electron chi connectivity index (χ1n) is 8.57. The lowest BCUT2D eigenvalue weighted by Crippen LogP contribution is -2.65. The summed E-state index contributed by atoms with van der Waals surface area (Å²) in [6.45, 7) is -0.119. The molecule has 5 nitrogen and oxygen atoms in total. The number of nitrogens with zero attached hydrogens (tertiary/aromatic N) is 3. The molecule has 2 aromatic rings. The minimum atomic E-state index is -0.491. The van der Waals surface area contributed by atoms with Crippen LogP contribution < -0.4 is 0 Å². The van der Waals surface area contributed by atoms with Crippen molar-refractivity contribution in [1.82, 2.24) is 9.88 Å². The maximum absolute atomic E-state index is 12.4. The Kier molecular flexibility index (Phi) is 3.98. The first-order valence-corrected chi connectivity index (χ1v) is 8.57. The smallest absolute Gasteiger partial charge is 0.227 e. The third-order valence-corrected chi connectivity index (χ3v) is 5.20. The SMILES string of the molecule is N#C[C@@H]1[C@@H](c2ccc(-c3cccnc3)cc2)[C@@H](CO)N1C(=O)C1CC1. The molecular weight excluding hydrogens is 314 g/mol. The molecule has 1 saturated heterocycles. The van der Waals surface area contributed by atoms with E-state index in [1.807, 2.05) is 42.6 Å². The number of nitriles is 1. The summed E-state index contributed by atoms with van der Waals surface area (Å²) in [5.41, 5.74) is 3.07. The lowest BCUT2D eigenvalue weighted by molar-refractivity contribution is -0.148. The summed E-state index contributed by atoms with van der Waals surface area (Å²) in [4.78, 5) is 18.1. The Morgan fingerprint density at radius 2 is 2.00 bits per heavy atom. The number of likely N-dealkylation sites (tertiary alicyclic amines) is 1.